The highest BCUT2D eigenvalue weighted by atomic mass is 35.5. The van der Waals surface area contributed by atoms with Gasteiger partial charge in [-0.05, 0) is 53.1 Å². The number of rotatable bonds is 3. The maximum Gasteiger partial charge on any atom is 0.0447 e. The molecule has 0 nitrogen and oxygen atoms in total. The van der Waals surface area contributed by atoms with E-state index in [1.165, 1.54) is 47.9 Å². The molecule has 114 valence electrons. The van der Waals surface area contributed by atoms with Crippen molar-refractivity contribution >= 4 is 23.2 Å². The number of fused-ring (bicyclic) bond motifs is 1. The van der Waals surface area contributed by atoms with Crippen LogP contribution >= 0.6 is 23.2 Å². The highest BCUT2D eigenvalue weighted by Crippen LogP contribution is 2.59. The molecule has 0 saturated heterocycles. The minimum Gasteiger partial charge on any atom is -0.0840 e. The molecule has 0 aromatic heterocycles. The lowest BCUT2D eigenvalue weighted by molar-refractivity contribution is 0.328. The highest BCUT2D eigenvalue weighted by molar-refractivity contribution is 6.32. The second-order valence-electron chi connectivity index (χ2n) is 6.65. The molecule has 2 heteroatoms. The van der Waals surface area contributed by atoms with Crippen LogP contribution in [0.4, 0.5) is 0 Å². The maximum atomic E-state index is 6.56. The van der Waals surface area contributed by atoms with Gasteiger partial charge in [-0.15, -0.1) is 0 Å². The summed E-state index contributed by atoms with van der Waals surface area (Å²) in [5, 5.41) is 1.82. The lowest BCUT2D eigenvalue weighted by atomic mass is 9.58. The van der Waals surface area contributed by atoms with E-state index in [1.807, 2.05) is 12.1 Å². The third kappa shape index (κ3) is 2.04. The van der Waals surface area contributed by atoms with Crippen molar-refractivity contribution < 1.29 is 0 Å². The monoisotopic (exact) mass is 330 g/mol. The smallest absolute Gasteiger partial charge is 0.0447 e. The van der Waals surface area contributed by atoms with Gasteiger partial charge in [0.1, 0.15) is 0 Å². The second-order valence-corrected chi connectivity index (χ2v) is 7.47. The summed E-state index contributed by atoms with van der Waals surface area (Å²) in [5.74, 6) is 1.57. The normalized spacial score (nSPS) is 25.0. The van der Waals surface area contributed by atoms with Crippen molar-refractivity contribution in [1.82, 2.24) is 0 Å². The lowest BCUT2D eigenvalue weighted by Crippen LogP contribution is -2.32. The Kier molecular flexibility index (Phi) is 3.71. The molecule has 3 aliphatic rings. The van der Waals surface area contributed by atoms with Gasteiger partial charge in [-0.2, -0.15) is 0 Å². The van der Waals surface area contributed by atoms with Crippen LogP contribution in [-0.4, -0.2) is 0 Å². The first-order valence-corrected chi connectivity index (χ1v) is 9.04. The molecule has 1 unspecified atom stereocenters. The first-order chi connectivity index (χ1) is 10.7. The van der Waals surface area contributed by atoms with Crippen LogP contribution in [0.15, 0.2) is 36.4 Å². The minimum absolute atomic E-state index is 0.374. The van der Waals surface area contributed by atoms with Crippen LogP contribution in [-0.2, 0) is 0 Å². The third-order valence-electron chi connectivity index (χ3n) is 5.48. The molecule has 0 N–H and O–H groups in total. The quantitative estimate of drug-likeness (QED) is 0.581. The van der Waals surface area contributed by atoms with Crippen LogP contribution in [0.1, 0.15) is 66.7 Å². The van der Waals surface area contributed by atoms with Gasteiger partial charge in [0, 0.05) is 21.9 Å². The summed E-state index contributed by atoms with van der Waals surface area (Å²) in [6.07, 6.45) is 5.06. The summed E-state index contributed by atoms with van der Waals surface area (Å²) in [7, 11) is 0. The van der Waals surface area contributed by atoms with E-state index in [0.717, 1.165) is 16.0 Å². The summed E-state index contributed by atoms with van der Waals surface area (Å²) >= 11 is 13.1. The fraction of sp³-hybridized carbons (Fsp3) is 0.400. The van der Waals surface area contributed by atoms with E-state index in [1.54, 1.807) is 0 Å². The van der Waals surface area contributed by atoms with Crippen molar-refractivity contribution in [2.24, 2.45) is 5.92 Å². The highest BCUT2D eigenvalue weighted by Gasteiger charge is 2.44. The van der Waals surface area contributed by atoms with Crippen LogP contribution in [0.5, 0.6) is 0 Å². The van der Waals surface area contributed by atoms with Crippen molar-refractivity contribution in [3.63, 3.8) is 0 Å². The number of hydrogen-bond acceptors (Lipinski definition) is 0. The Balaban J connectivity index is 1.91. The van der Waals surface area contributed by atoms with Gasteiger partial charge in [0.15, 0.2) is 0 Å². The molecule has 5 rings (SSSR count). The van der Waals surface area contributed by atoms with Gasteiger partial charge in [0.2, 0.25) is 0 Å². The molecule has 2 bridgehead atoms. The molecule has 0 fully saturated rings. The van der Waals surface area contributed by atoms with Gasteiger partial charge < -0.3 is 0 Å². The molecule has 3 aliphatic carbocycles. The number of unbranched alkanes of at least 4 members (excludes halogenated alkanes) is 1. The van der Waals surface area contributed by atoms with Crippen LogP contribution in [0, 0.1) is 5.92 Å². The Morgan fingerprint density at radius 1 is 0.955 bits per heavy atom. The molecule has 0 aliphatic heterocycles. The van der Waals surface area contributed by atoms with E-state index in [0.29, 0.717) is 11.8 Å². The summed E-state index contributed by atoms with van der Waals surface area (Å²) in [6.45, 7) is 2.27. The fourth-order valence-electron chi connectivity index (χ4n) is 4.63. The van der Waals surface area contributed by atoms with Crippen LogP contribution in [0.25, 0.3) is 0 Å². The second kappa shape index (κ2) is 5.58. The van der Waals surface area contributed by atoms with Gasteiger partial charge >= 0.3 is 0 Å². The molecule has 1 atom stereocenters. The number of benzene rings is 2. The average molecular weight is 331 g/mol. The SMILES string of the molecule is CCCCC1CC2c3c(Cl)cccc3C1c1cccc(Cl)c12. The van der Waals surface area contributed by atoms with Crippen LogP contribution < -0.4 is 0 Å². The Morgan fingerprint density at radius 2 is 1.55 bits per heavy atom. The summed E-state index contributed by atoms with van der Waals surface area (Å²) < 4.78 is 0. The Morgan fingerprint density at radius 3 is 2.09 bits per heavy atom. The Labute approximate surface area is 142 Å². The maximum absolute atomic E-state index is 6.56. The molecule has 22 heavy (non-hydrogen) atoms. The van der Waals surface area contributed by atoms with E-state index in [9.17, 15) is 0 Å². The zero-order valence-corrected chi connectivity index (χ0v) is 14.3. The first kappa shape index (κ1) is 14.6. The molecule has 0 radical (unpaired) electrons. The van der Waals surface area contributed by atoms with Crippen molar-refractivity contribution in [3.8, 4) is 0 Å². The Hall–Kier alpha value is -0.980. The van der Waals surface area contributed by atoms with Crippen molar-refractivity contribution in [3.05, 3.63) is 68.7 Å². The molecule has 0 spiro atoms. The van der Waals surface area contributed by atoms with Crippen molar-refractivity contribution in [2.45, 2.75) is 44.4 Å². The van der Waals surface area contributed by atoms with E-state index in [-0.39, 0.29) is 0 Å². The van der Waals surface area contributed by atoms with Crippen LogP contribution in [0.2, 0.25) is 10.0 Å². The molecule has 2 aromatic rings. The topological polar surface area (TPSA) is 0 Å². The molecule has 0 amide bonds. The predicted octanol–water partition coefficient (Wildman–Crippen LogP) is 6.78. The summed E-state index contributed by atoms with van der Waals surface area (Å²) in [6, 6.07) is 12.8. The summed E-state index contributed by atoms with van der Waals surface area (Å²) in [4.78, 5) is 0. The number of halogens is 2. The summed E-state index contributed by atoms with van der Waals surface area (Å²) in [5.41, 5.74) is 5.56. The standard InChI is InChI=1S/C20H20Cl2/c1-2-3-6-12-11-15-19-13(7-4-9-16(19)21)18(12)14-8-5-10-17(22)20(14)15/h4-5,7-10,12,15,18H,2-3,6,11H2,1H3. The molecule has 0 heterocycles. The van der Waals surface area contributed by atoms with Gasteiger partial charge in [0.05, 0.1) is 0 Å². The third-order valence-corrected chi connectivity index (χ3v) is 6.14. The molecule has 0 saturated carbocycles. The molecular weight excluding hydrogens is 311 g/mol. The van der Waals surface area contributed by atoms with Gasteiger partial charge in [-0.25, -0.2) is 0 Å². The van der Waals surface area contributed by atoms with E-state index >= 15 is 0 Å². The molecular formula is C20H20Cl2. The number of hydrogen-bond donors (Lipinski definition) is 0. The van der Waals surface area contributed by atoms with Crippen molar-refractivity contribution in [2.75, 3.05) is 0 Å². The van der Waals surface area contributed by atoms with Crippen LogP contribution in [0.3, 0.4) is 0 Å². The first-order valence-electron chi connectivity index (χ1n) is 8.29. The fourth-order valence-corrected chi connectivity index (χ4v) is 5.26. The molecule has 2 aromatic carbocycles. The average Bonchev–Trinajstić information content (AvgIpc) is 2.53. The van der Waals surface area contributed by atoms with Gasteiger partial charge in [0.25, 0.3) is 0 Å². The predicted molar refractivity (Wildman–Crippen MR) is 94.2 cm³/mol. The zero-order chi connectivity index (χ0) is 15.3. The van der Waals surface area contributed by atoms with Crippen molar-refractivity contribution in [1.29, 1.82) is 0 Å². The lowest BCUT2D eigenvalue weighted by Gasteiger charge is -2.46. The van der Waals surface area contributed by atoms with Gasteiger partial charge in [-0.3, -0.25) is 0 Å². The minimum atomic E-state index is 0.374. The Bertz CT molecular complexity index is 666. The van der Waals surface area contributed by atoms with E-state index in [4.69, 9.17) is 23.2 Å². The largest absolute Gasteiger partial charge is 0.0840 e. The van der Waals surface area contributed by atoms with Gasteiger partial charge in [-0.1, -0.05) is 67.2 Å². The van der Waals surface area contributed by atoms with E-state index < -0.39 is 0 Å². The van der Waals surface area contributed by atoms with E-state index in [2.05, 4.69) is 31.2 Å². The zero-order valence-electron chi connectivity index (χ0n) is 12.8.